The highest BCUT2D eigenvalue weighted by atomic mass is 16.5. The summed E-state index contributed by atoms with van der Waals surface area (Å²) >= 11 is 0. The van der Waals surface area contributed by atoms with Gasteiger partial charge in [-0.1, -0.05) is 6.07 Å². The van der Waals surface area contributed by atoms with Crippen molar-refractivity contribution in [3.05, 3.63) is 54.1 Å². The number of nitrogens with zero attached hydrogens (tertiary/aromatic N) is 2. The quantitative estimate of drug-likeness (QED) is 0.691. The van der Waals surface area contributed by atoms with E-state index in [1.807, 2.05) is 20.8 Å². The zero-order valence-electron chi connectivity index (χ0n) is 17.1. The van der Waals surface area contributed by atoms with E-state index in [0.29, 0.717) is 22.7 Å². The van der Waals surface area contributed by atoms with E-state index in [0.717, 1.165) is 0 Å². The van der Waals surface area contributed by atoms with Crippen LogP contribution in [0.3, 0.4) is 0 Å². The molecule has 29 heavy (non-hydrogen) atoms. The number of ether oxygens (including phenoxy) is 2. The minimum Gasteiger partial charge on any atom is -0.497 e. The van der Waals surface area contributed by atoms with Gasteiger partial charge in [-0.25, -0.2) is 4.98 Å². The molecule has 0 saturated heterocycles. The van der Waals surface area contributed by atoms with Crippen molar-refractivity contribution in [3.63, 3.8) is 0 Å². The molecule has 1 aromatic carbocycles. The van der Waals surface area contributed by atoms with Gasteiger partial charge in [0.15, 0.2) is 5.69 Å². The summed E-state index contributed by atoms with van der Waals surface area (Å²) in [5, 5.41) is 5.67. The highest BCUT2D eigenvalue weighted by Crippen LogP contribution is 2.29. The summed E-state index contributed by atoms with van der Waals surface area (Å²) in [5.41, 5.74) is 0.765. The van der Waals surface area contributed by atoms with Crippen LogP contribution in [0.4, 0.5) is 5.69 Å². The molecule has 2 aromatic heterocycles. The van der Waals surface area contributed by atoms with Gasteiger partial charge in [-0.15, -0.1) is 0 Å². The third-order valence-corrected chi connectivity index (χ3v) is 4.11. The zero-order chi connectivity index (χ0) is 21.2. The molecule has 3 rings (SSSR count). The van der Waals surface area contributed by atoms with Gasteiger partial charge in [0.25, 0.3) is 11.8 Å². The topological polar surface area (TPSA) is 94.0 Å². The Morgan fingerprint density at radius 3 is 2.45 bits per heavy atom. The van der Waals surface area contributed by atoms with Crippen molar-refractivity contribution in [2.24, 2.45) is 0 Å². The lowest BCUT2D eigenvalue weighted by molar-refractivity contribution is 0.0916. The number of carbonyl (C=O) groups excluding carboxylic acids is 2. The van der Waals surface area contributed by atoms with Crippen molar-refractivity contribution in [1.82, 2.24) is 14.7 Å². The molecule has 0 fully saturated rings. The Bertz CT molecular complexity index is 1070. The summed E-state index contributed by atoms with van der Waals surface area (Å²) in [4.78, 5) is 30.0. The first-order valence-electron chi connectivity index (χ1n) is 9.06. The highest BCUT2D eigenvalue weighted by molar-refractivity contribution is 6.06. The number of benzene rings is 1. The number of carbonyl (C=O) groups is 2. The van der Waals surface area contributed by atoms with Crippen LogP contribution in [0.2, 0.25) is 0 Å². The monoisotopic (exact) mass is 396 g/mol. The van der Waals surface area contributed by atoms with Crippen LogP contribution in [0.5, 0.6) is 11.5 Å². The first kappa shape index (κ1) is 20.2. The van der Waals surface area contributed by atoms with E-state index in [1.165, 1.54) is 7.11 Å². The van der Waals surface area contributed by atoms with E-state index in [4.69, 9.17) is 9.47 Å². The van der Waals surface area contributed by atoms with Crippen LogP contribution in [-0.4, -0.2) is 41.0 Å². The molecule has 2 N–H and O–H groups in total. The number of hydrogen-bond acceptors (Lipinski definition) is 5. The summed E-state index contributed by atoms with van der Waals surface area (Å²) in [6.07, 6.45) is 1.69. The Kier molecular flexibility index (Phi) is 5.45. The van der Waals surface area contributed by atoms with Crippen molar-refractivity contribution in [3.8, 4) is 11.5 Å². The molecule has 152 valence electrons. The standard InChI is InChI=1S/C21H24N4O4/c1-21(2,3)24-19(26)17-15-8-6-7-11-25(15)18(23-17)20(27)22-14-10-9-13(28-4)12-16(14)29-5/h6-12H,1-5H3,(H,22,27)(H,24,26). The van der Waals surface area contributed by atoms with Gasteiger partial charge in [0.1, 0.15) is 11.5 Å². The number of aromatic nitrogens is 2. The summed E-state index contributed by atoms with van der Waals surface area (Å²) in [6, 6.07) is 10.4. The molecule has 2 heterocycles. The average Bonchev–Trinajstić information content (AvgIpc) is 3.07. The van der Waals surface area contributed by atoms with Gasteiger partial charge >= 0.3 is 0 Å². The van der Waals surface area contributed by atoms with Crippen molar-refractivity contribution in [2.75, 3.05) is 19.5 Å². The second kappa shape index (κ2) is 7.83. The third kappa shape index (κ3) is 4.31. The van der Waals surface area contributed by atoms with Crippen LogP contribution in [0, 0.1) is 0 Å². The fraction of sp³-hybridized carbons (Fsp3) is 0.286. The second-order valence-electron chi connectivity index (χ2n) is 7.46. The SMILES string of the molecule is COc1ccc(NC(=O)c2nc(C(=O)NC(C)(C)C)c3ccccn23)c(OC)c1. The van der Waals surface area contributed by atoms with Gasteiger partial charge in [0.05, 0.1) is 25.4 Å². The number of methoxy groups -OCH3 is 2. The molecule has 0 bridgehead atoms. The van der Waals surface area contributed by atoms with Crippen LogP contribution in [0.25, 0.3) is 5.52 Å². The van der Waals surface area contributed by atoms with Crippen LogP contribution in [0.1, 0.15) is 41.9 Å². The first-order chi connectivity index (χ1) is 13.7. The van der Waals surface area contributed by atoms with Gasteiger partial charge in [-0.3, -0.25) is 14.0 Å². The van der Waals surface area contributed by atoms with E-state index < -0.39 is 11.4 Å². The average molecular weight is 396 g/mol. The Labute approximate surface area is 168 Å². The number of rotatable bonds is 5. The van der Waals surface area contributed by atoms with Gasteiger partial charge < -0.3 is 20.1 Å². The summed E-state index contributed by atoms with van der Waals surface area (Å²) in [7, 11) is 3.05. The predicted molar refractivity (Wildman–Crippen MR) is 110 cm³/mol. The fourth-order valence-corrected chi connectivity index (χ4v) is 2.84. The van der Waals surface area contributed by atoms with Crippen LogP contribution in [-0.2, 0) is 0 Å². The number of fused-ring (bicyclic) bond motifs is 1. The van der Waals surface area contributed by atoms with Crippen molar-refractivity contribution >= 4 is 23.0 Å². The molecule has 3 aromatic rings. The summed E-state index contributed by atoms with van der Waals surface area (Å²) in [6.45, 7) is 5.65. The number of pyridine rings is 1. The van der Waals surface area contributed by atoms with Crippen LogP contribution < -0.4 is 20.1 Å². The molecule has 0 unspecified atom stereocenters. The smallest absolute Gasteiger partial charge is 0.292 e. The van der Waals surface area contributed by atoms with Gasteiger partial charge in [-0.2, -0.15) is 0 Å². The number of nitrogens with one attached hydrogen (secondary N) is 2. The largest absolute Gasteiger partial charge is 0.497 e. The van der Waals surface area contributed by atoms with E-state index in [1.54, 1.807) is 54.1 Å². The molecule has 2 amide bonds. The third-order valence-electron chi connectivity index (χ3n) is 4.11. The minimum absolute atomic E-state index is 0.0949. The van der Waals surface area contributed by atoms with E-state index in [9.17, 15) is 9.59 Å². The van der Waals surface area contributed by atoms with E-state index >= 15 is 0 Å². The summed E-state index contributed by atoms with van der Waals surface area (Å²) in [5.74, 6) is 0.334. The maximum Gasteiger partial charge on any atom is 0.292 e. The Morgan fingerprint density at radius 1 is 1.03 bits per heavy atom. The number of amides is 2. The van der Waals surface area contributed by atoms with Crippen molar-refractivity contribution in [1.29, 1.82) is 0 Å². The van der Waals surface area contributed by atoms with Gasteiger partial charge in [0.2, 0.25) is 5.82 Å². The van der Waals surface area contributed by atoms with Gasteiger partial charge in [-0.05, 0) is 45.0 Å². The molecular weight excluding hydrogens is 372 g/mol. The molecular formula is C21H24N4O4. The Hall–Kier alpha value is -3.55. The Morgan fingerprint density at radius 2 is 1.79 bits per heavy atom. The maximum absolute atomic E-state index is 13.0. The predicted octanol–water partition coefficient (Wildman–Crippen LogP) is 3.13. The number of hydrogen-bond donors (Lipinski definition) is 2. The molecule has 8 heteroatoms. The zero-order valence-corrected chi connectivity index (χ0v) is 17.1. The highest BCUT2D eigenvalue weighted by Gasteiger charge is 2.24. The maximum atomic E-state index is 13.0. The molecule has 0 aliphatic carbocycles. The molecule has 0 radical (unpaired) electrons. The molecule has 0 atom stereocenters. The summed E-state index contributed by atoms with van der Waals surface area (Å²) < 4.78 is 12.1. The molecule has 0 saturated carbocycles. The second-order valence-corrected chi connectivity index (χ2v) is 7.46. The molecule has 0 spiro atoms. The van der Waals surface area contributed by atoms with E-state index in [2.05, 4.69) is 15.6 Å². The van der Waals surface area contributed by atoms with Gasteiger partial charge in [0, 0.05) is 17.8 Å². The van der Waals surface area contributed by atoms with E-state index in [-0.39, 0.29) is 17.4 Å². The minimum atomic E-state index is -0.468. The van der Waals surface area contributed by atoms with Crippen LogP contribution in [0.15, 0.2) is 42.6 Å². The van der Waals surface area contributed by atoms with Crippen LogP contribution >= 0.6 is 0 Å². The lowest BCUT2D eigenvalue weighted by Gasteiger charge is -2.19. The van der Waals surface area contributed by atoms with Crippen molar-refractivity contribution < 1.29 is 19.1 Å². The Balaban J connectivity index is 1.98. The molecule has 0 aliphatic rings. The molecule has 8 nitrogen and oxygen atoms in total. The normalized spacial score (nSPS) is 11.2. The lowest BCUT2D eigenvalue weighted by atomic mass is 10.1. The number of anilines is 1. The van der Waals surface area contributed by atoms with Crippen molar-refractivity contribution in [2.45, 2.75) is 26.3 Å². The fourth-order valence-electron chi connectivity index (χ4n) is 2.84. The lowest BCUT2D eigenvalue weighted by Crippen LogP contribution is -2.40. The first-order valence-corrected chi connectivity index (χ1v) is 9.06. The molecule has 0 aliphatic heterocycles. The number of imidazole rings is 1.